The lowest BCUT2D eigenvalue weighted by Gasteiger charge is -1.99. The van der Waals surface area contributed by atoms with E-state index in [2.05, 4.69) is 15.6 Å². The number of allylic oxidation sites excluding steroid dienone is 1. The first-order valence-corrected chi connectivity index (χ1v) is 6.14. The van der Waals surface area contributed by atoms with Gasteiger partial charge in [-0.3, -0.25) is 9.59 Å². The van der Waals surface area contributed by atoms with Crippen LogP contribution >= 0.6 is 11.3 Å². The number of rotatable bonds is 5. The Kier molecular flexibility index (Phi) is 5.35. The molecular formula is C11H15N3O2S. The van der Waals surface area contributed by atoms with E-state index in [-0.39, 0.29) is 11.8 Å². The zero-order valence-corrected chi connectivity index (χ0v) is 10.6. The normalized spacial score (nSPS) is 10.5. The number of nitrogens with one attached hydrogen (secondary N) is 2. The van der Waals surface area contributed by atoms with E-state index in [9.17, 15) is 9.59 Å². The molecule has 0 atom stereocenters. The fourth-order valence-electron chi connectivity index (χ4n) is 1.11. The van der Waals surface area contributed by atoms with E-state index in [0.29, 0.717) is 17.4 Å². The third-order valence-corrected chi connectivity index (χ3v) is 2.61. The minimum absolute atomic E-state index is 0.195. The second-order valence-electron chi connectivity index (χ2n) is 3.33. The van der Waals surface area contributed by atoms with Crippen molar-refractivity contribution in [3.63, 3.8) is 0 Å². The van der Waals surface area contributed by atoms with Crippen LogP contribution in [-0.2, 0) is 4.79 Å². The lowest BCUT2D eigenvalue weighted by Crippen LogP contribution is -2.24. The van der Waals surface area contributed by atoms with Crippen molar-refractivity contribution in [1.29, 1.82) is 0 Å². The molecule has 6 heteroatoms. The van der Waals surface area contributed by atoms with E-state index in [1.165, 1.54) is 18.3 Å². The van der Waals surface area contributed by atoms with Crippen molar-refractivity contribution in [2.45, 2.75) is 20.3 Å². The number of nitrogens with zero attached hydrogens (tertiary/aromatic N) is 1. The van der Waals surface area contributed by atoms with Crippen LogP contribution < -0.4 is 10.6 Å². The van der Waals surface area contributed by atoms with E-state index < -0.39 is 0 Å². The van der Waals surface area contributed by atoms with Gasteiger partial charge in [0.25, 0.3) is 5.91 Å². The standard InChI is InChI=1S/C11H15N3O2S/c1-3-4-5-6-12-10(16)9-7-17-11(14-9)13-8(2)15/h3-4,7H,5-6H2,1-2H3,(H,12,16)(H,13,14,15)/b4-3+. The van der Waals surface area contributed by atoms with E-state index in [1.54, 1.807) is 5.38 Å². The molecular weight excluding hydrogens is 238 g/mol. The Morgan fingerprint density at radius 3 is 2.94 bits per heavy atom. The first kappa shape index (κ1) is 13.4. The summed E-state index contributed by atoms with van der Waals surface area (Å²) in [4.78, 5) is 26.4. The maximum atomic E-state index is 11.6. The fraction of sp³-hybridized carbons (Fsp3) is 0.364. The average Bonchev–Trinajstić information content (AvgIpc) is 2.71. The molecule has 1 aromatic rings. The van der Waals surface area contributed by atoms with Gasteiger partial charge in [-0.25, -0.2) is 4.98 Å². The Bertz CT molecular complexity index is 426. The van der Waals surface area contributed by atoms with Gasteiger partial charge in [0.2, 0.25) is 5.91 Å². The molecule has 0 fully saturated rings. The highest BCUT2D eigenvalue weighted by atomic mass is 32.1. The SMILES string of the molecule is C/C=C/CCNC(=O)c1csc(NC(C)=O)n1. The van der Waals surface area contributed by atoms with Crippen molar-refractivity contribution in [3.8, 4) is 0 Å². The number of anilines is 1. The Hall–Kier alpha value is -1.69. The molecule has 0 aromatic carbocycles. The zero-order chi connectivity index (χ0) is 12.7. The lowest BCUT2D eigenvalue weighted by molar-refractivity contribution is -0.114. The predicted molar refractivity (Wildman–Crippen MR) is 68.2 cm³/mol. The third kappa shape index (κ3) is 4.78. The molecule has 0 aliphatic rings. The molecule has 17 heavy (non-hydrogen) atoms. The van der Waals surface area contributed by atoms with Gasteiger partial charge in [-0.1, -0.05) is 12.2 Å². The summed E-state index contributed by atoms with van der Waals surface area (Å²) in [5, 5.41) is 7.34. The van der Waals surface area contributed by atoms with E-state index in [1.807, 2.05) is 19.1 Å². The number of carbonyl (C=O) groups is 2. The second-order valence-corrected chi connectivity index (χ2v) is 4.19. The zero-order valence-electron chi connectivity index (χ0n) is 9.82. The molecule has 1 rings (SSSR count). The highest BCUT2D eigenvalue weighted by Crippen LogP contribution is 2.14. The summed E-state index contributed by atoms with van der Waals surface area (Å²) in [6, 6.07) is 0. The third-order valence-electron chi connectivity index (χ3n) is 1.85. The molecule has 0 saturated heterocycles. The summed E-state index contributed by atoms with van der Waals surface area (Å²) >= 11 is 1.23. The van der Waals surface area contributed by atoms with E-state index in [0.717, 1.165) is 6.42 Å². The molecule has 0 unspecified atom stereocenters. The predicted octanol–water partition coefficient (Wildman–Crippen LogP) is 1.80. The Morgan fingerprint density at radius 1 is 1.53 bits per heavy atom. The van der Waals surface area contributed by atoms with Gasteiger partial charge in [0.05, 0.1) is 0 Å². The van der Waals surface area contributed by atoms with E-state index >= 15 is 0 Å². The lowest BCUT2D eigenvalue weighted by atomic mass is 10.3. The van der Waals surface area contributed by atoms with Crippen LogP contribution in [0, 0.1) is 0 Å². The summed E-state index contributed by atoms with van der Waals surface area (Å²) < 4.78 is 0. The van der Waals surface area contributed by atoms with Crippen LogP contribution in [0.25, 0.3) is 0 Å². The largest absolute Gasteiger partial charge is 0.350 e. The Morgan fingerprint density at radius 2 is 2.29 bits per heavy atom. The Balaban J connectivity index is 2.46. The summed E-state index contributed by atoms with van der Waals surface area (Å²) in [5.41, 5.74) is 0.333. The number of hydrogen-bond acceptors (Lipinski definition) is 4. The molecule has 0 spiro atoms. The first-order valence-electron chi connectivity index (χ1n) is 5.26. The quantitative estimate of drug-likeness (QED) is 0.621. The highest BCUT2D eigenvalue weighted by molar-refractivity contribution is 7.14. The molecule has 0 bridgehead atoms. The van der Waals surface area contributed by atoms with Gasteiger partial charge in [-0.2, -0.15) is 0 Å². The topological polar surface area (TPSA) is 71.1 Å². The molecule has 1 heterocycles. The van der Waals surface area contributed by atoms with Gasteiger partial charge >= 0.3 is 0 Å². The number of amides is 2. The molecule has 0 saturated carbocycles. The van der Waals surface area contributed by atoms with Crippen molar-refractivity contribution in [3.05, 3.63) is 23.2 Å². The molecule has 92 valence electrons. The smallest absolute Gasteiger partial charge is 0.270 e. The van der Waals surface area contributed by atoms with E-state index in [4.69, 9.17) is 0 Å². The number of hydrogen-bond donors (Lipinski definition) is 2. The molecule has 2 N–H and O–H groups in total. The van der Waals surface area contributed by atoms with Gasteiger partial charge in [0.15, 0.2) is 5.13 Å². The van der Waals surface area contributed by atoms with Gasteiger partial charge in [0, 0.05) is 18.8 Å². The molecule has 2 amide bonds. The van der Waals surface area contributed by atoms with Crippen LogP contribution in [-0.4, -0.2) is 23.3 Å². The van der Waals surface area contributed by atoms with Crippen LogP contribution in [0.15, 0.2) is 17.5 Å². The molecule has 0 radical (unpaired) electrons. The van der Waals surface area contributed by atoms with Gasteiger partial charge in [0.1, 0.15) is 5.69 Å². The number of carbonyl (C=O) groups excluding carboxylic acids is 2. The van der Waals surface area contributed by atoms with Gasteiger partial charge in [-0.05, 0) is 13.3 Å². The molecule has 0 aliphatic carbocycles. The first-order chi connectivity index (χ1) is 8.13. The fourth-order valence-corrected chi connectivity index (χ4v) is 1.85. The van der Waals surface area contributed by atoms with Crippen molar-refractivity contribution < 1.29 is 9.59 Å². The van der Waals surface area contributed by atoms with Crippen LogP contribution in [0.2, 0.25) is 0 Å². The summed E-state index contributed by atoms with van der Waals surface area (Å²) in [7, 11) is 0. The van der Waals surface area contributed by atoms with Crippen molar-refractivity contribution in [1.82, 2.24) is 10.3 Å². The minimum atomic E-state index is -0.220. The highest BCUT2D eigenvalue weighted by Gasteiger charge is 2.10. The van der Waals surface area contributed by atoms with Crippen LogP contribution in [0.4, 0.5) is 5.13 Å². The Labute approximate surface area is 104 Å². The number of thiazole rings is 1. The second kappa shape index (κ2) is 6.80. The van der Waals surface area contributed by atoms with Crippen LogP contribution in [0.3, 0.4) is 0 Å². The average molecular weight is 253 g/mol. The summed E-state index contributed by atoms with van der Waals surface area (Å²) in [5.74, 6) is -0.415. The molecule has 1 aromatic heterocycles. The summed E-state index contributed by atoms with van der Waals surface area (Å²) in [6.45, 7) is 3.91. The van der Waals surface area contributed by atoms with Crippen LogP contribution in [0.5, 0.6) is 0 Å². The molecule has 5 nitrogen and oxygen atoms in total. The molecule has 0 aliphatic heterocycles. The van der Waals surface area contributed by atoms with Gasteiger partial charge < -0.3 is 10.6 Å². The van der Waals surface area contributed by atoms with Crippen molar-refractivity contribution >= 4 is 28.3 Å². The number of aromatic nitrogens is 1. The maximum Gasteiger partial charge on any atom is 0.270 e. The summed E-state index contributed by atoms with van der Waals surface area (Å²) in [6.07, 6.45) is 4.71. The van der Waals surface area contributed by atoms with Crippen molar-refractivity contribution in [2.75, 3.05) is 11.9 Å². The van der Waals surface area contributed by atoms with Gasteiger partial charge in [-0.15, -0.1) is 11.3 Å². The van der Waals surface area contributed by atoms with Crippen LogP contribution in [0.1, 0.15) is 30.8 Å². The maximum absolute atomic E-state index is 11.6. The van der Waals surface area contributed by atoms with Crippen molar-refractivity contribution in [2.24, 2.45) is 0 Å². The minimum Gasteiger partial charge on any atom is -0.350 e. The monoisotopic (exact) mass is 253 g/mol.